The van der Waals surface area contributed by atoms with E-state index in [9.17, 15) is 0 Å². The molecule has 0 aliphatic heterocycles. The number of nitrogens with one attached hydrogen (secondary N) is 1. The zero-order valence-corrected chi connectivity index (χ0v) is 27.9. The molecule has 1 nitrogen and oxygen atoms in total. The second-order valence-electron chi connectivity index (χ2n) is 13.8. The van der Waals surface area contributed by atoms with E-state index < -0.39 is 0 Å². The Balaban J connectivity index is 1.30. The summed E-state index contributed by atoms with van der Waals surface area (Å²) in [4.78, 5) is 0. The average Bonchev–Trinajstić information content (AvgIpc) is 3.38. The monoisotopic (exact) mass is 627 g/mol. The molecule has 1 aliphatic carbocycles. The molecule has 0 unspecified atom stereocenters. The van der Waals surface area contributed by atoms with E-state index in [0.717, 1.165) is 12.2 Å². The lowest BCUT2D eigenvalue weighted by Crippen LogP contribution is -2.14. The van der Waals surface area contributed by atoms with Gasteiger partial charge in [-0.15, -0.1) is 0 Å². The van der Waals surface area contributed by atoms with Gasteiger partial charge < -0.3 is 5.32 Å². The molecule has 0 spiro atoms. The van der Waals surface area contributed by atoms with Crippen molar-refractivity contribution in [2.24, 2.45) is 0 Å². The lowest BCUT2D eigenvalue weighted by molar-refractivity contribution is 0.661. The van der Waals surface area contributed by atoms with E-state index in [0.29, 0.717) is 0 Å². The molecule has 234 valence electrons. The summed E-state index contributed by atoms with van der Waals surface area (Å²) in [6, 6.07) is 62.3. The van der Waals surface area contributed by atoms with Gasteiger partial charge in [-0.05, 0) is 113 Å². The molecule has 0 amide bonds. The van der Waals surface area contributed by atoms with Crippen molar-refractivity contribution in [3.63, 3.8) is 0 Å². The van der Waals surface area contributed by atoms with Gasteiger partial charge >= 0.3 is 0 Å². The van der Waals surface area contributed by atoms with Crippen LogP contribution < -0.4 is 5.32 Å². The van der Waals surface area contributed by atoms with Crippen molar-refractivity contribution in [2.75, 3.05) is 5.32 Å². The van der Waals surface area contributed by atoms with Crippen LogP contribution in [0.3, 0.4) is 0 Å². The van der Waals surface area contributed by atoms with Gasteiger partial charge in [-0.2, -0.15) is 0 Å². The van der Waals surface area contributed by atoms with Crippen LogP contribution in [0.2, 0.25) is 0 Å². The molecule has 0 radical (unpaired) electrons. The first-order valence-corrected chi connectivity index (χ1v) is 17.2. The fourth-order valence-corrected chi connectivity index (χ4v) is 8.05. The van der Waals surface area contributed by atoms with E-state index in [4.69, 9.17) is 0 Å². The minimum absolute atomic E-state index is 0.0953. The van der Waals surface area contributed by atoms with Crippen molar-refractivity contribution in [1.82, 2.24) is 0 Å². The molecule has 0 aromatic heterocycles. The number of fused-ring (bicyclic) bond motifs is 5. The molecule has 49 heavy (non-hydrogen) atoms. The first kappa shape index (κ1) is 29.2. The number of benzene rings is 8. The van der Waals surface area contributed by atoms with Gasteiger partial charge in [0.25, 0.3) is 0 Å². The molecule has 0 saturated heterocycles. The first-order chi connectivity index (χ1) is 24.1. The fourth-order valence-electron chi connectivity index (χ4n) is 8.05. The molecule has 0 atom stereocenters. The van der Waals surface area contributed by atoms with Gasteiger partial charge in [0.15, 0.2) is 0 Å². The molecule has 1 heteroatoms. The standard InChI is InChI=1S/C48H37N/c1-48(2)44-23-12-11-20-38(44)41-29-42-43(30-45(41)48)47(36-17-13-14-32(28-36)31-49-37-18-7-4-8-19-37)40-22-10-9-21-39(40)46(42)35-26-24-34(25-27-35)33-15-5-3-6-16-33/h3-30,49H,31H2,1-2H3. The maximum atomic E-state index is 3.62. The molecule has 8 aromatic rings. The predicted molar refractivity (Wildman–Crippen MR) is 209 cm³/mol. The van der Waals surface area contributed by atoms with Crippen LogP contribution in [0.4, 0.5) is 5.69 Å². The van der Waals surface area contributed by atoms with Gasteiger partial charge in [0.2, 0.25) is 0 Å². The number of para-hydroxylation sites is 1. The van der Waals surface area contributed by atoms with Crippen LogP contribution in [0.25, 0.3) is 66.1 Å². The molecule has 1 aliphatic rings. The van der Waals surface area contributed by atoms with Crippen LogP contribution in [0.5, 0.6) is 0 Å². The van der Waals surface area contributed by atoms with Crippen LogP contribution in [0.1, 0.15) is 30.5 Å². The van der Waals surface area contributed by atoms with Crippen molar-refractivity contribution in [1.29, 1.82) is 0 Å². The number of hydrogen-bond donors (Lipinski definition) is 1. The Bertz CT molecular complexity index is 2490. The summed E-state index contributed by atoms with van der Waals surface area (Å²) < 4.78 is 0. The van der Waals surface area contributed by atoms with Crippen LogP contribution in [-0.2, 0) is 12.0 Å². The highest BCUT2D eigenvalue weighted by Gasteiger charge is 2.36. The zero-order valence-electron chi connectivity index (χ0n) is 27.9. The Labute approximate surface area is 288 Å². The number of anilines is 1. The molecule has 0 saturated carbocycles. The maximum absolute atomic E-state index is 3.62. The minimum atomic E-state index is -0.0953. The van der Waals surface area contributed by atoms with Crippen molar-refractivity contribution in [3.8, 4) is 44.5 Å². The zero-order chi connectivity index (χ0) is 33.0. The van der Waals surface area contributed by atoms with Crippen LogP contribution >= 0.6 is 0 Å². The summed E-state index contributed by atoms with van der Waals surface area (Å²) in [5.74, 6) is 0. The maximum Gasteiger partial charge on any atom is 0.0401 e. The molecular formula is C48H37N. The summed E-state index contributed by atoms with van der Waals surface area (Å²) in [7, 11) is 0. The van der Waals surface area contributed by atoms with Gasteiger partial charge in [0.1, 0.15) is 0 Å². The number of rotatable bonds is 6. The van der Waals surface area contributed by atoms with E-state index in [2.05, 4.69) is 189 Å². The summed E-state index contributed by atoms with van der Waals surface area (Å²) in [5, 5.41) is 8.76. The highest BCUT2D eigenvalue weighted by Crippen LogP contribution is 2.53. The Kier molecular flexibility index (Phi) is 6.95. The van der Waals surface area contributed by atoms with Gasteiger partial charge in [-0.25, -0.2) is 0 Å². The molecular weight excluding hydrogens is 591 g/mol. The predicted octanol–water partition coefficient (Wildman–Crippen LogP) is 12.9. The first-order valence-electron chi connectivity index (χ1n) is 17.2. The smallest absolute Gasteiger partial charge is 0.0401 e. The Morgan fingerprint density at radius 3 is 1.73 bits per heavy atom. The van der Waals surface area contributed by atoms with Gasteiger partial charge in [-0.1, -0.05) is 153 Å². The lowest BCUT2D eigenvalue weighted by Gasteiger charge is -2.24. The summed E-state index contributed by atoms with van der Waals surface area (Å²) >= 11 is 0. The Morgan fingerprint density at radius 2 is 0.980 bits per heavy atom. The van der Waals surface area contributed by atoms with Crippen molar-refractivity contribution < 1.29 is 0 Å². The summed E-state index contributed by atoms with van der Waals surface area (Å²) in [6.07, 6.45) is 0. The molecule has 8 aromatic carbocycles. The summed E-state index contributed by atoms with van der Waals surface area (Å²) in [6.45, 7) is 5.52. The van der Waals surface area contributed by atoms with Crippen molar-refractivity contribution in [3.05, 3.63) is 187 Å². The largest absolute Gasteiger partial charge is 0.381 e. The van der Waals surface area contributed by atoms with E-state index in [1.54, 1.807) is 0 Å². The second-order valence-corrected chi connectivity index (χ2v) is 13.8. The Hall–Kier alpha value is -5.92. The second kappa shape index (κ2) is 11.6. The third-order valence-electron chi connectivity index (χ3n) is 10.5. The normalized spacial score (nSPS) is 12.9. The fraction of sp³-hybridized carbons (Fsp3) is 0.0833. The van der Waals surface area contributed by atoms with Crippen LogP contribution in [-0.4, -0.2) is 0 Å². The Morgan fingerprint density at radius 1 is 0.408 bits per heavy atom. The molecule has 0 bridgehead atoms. The number of hydrogen-bond acceptors (Lipinski definition) is 1. The van der Waals surface area contributed by atoms with E-state index in [1.165, 1.54) is 82.7 Å². The quantitative estimate of drug-likeness (QED) is 0.181. The SMILES string of the molecule is CC1(C)c2ccccc2-c2cc3c(-c4ccc(-c5ccccc5)cc4)c4ccccc4c(-c4cccc(CNc5ccccc5)c4)c3cc21. The molecule has 1 N–H and O–H groups in total. The highest BCUT2D eigenvalue weighted by molar-refractivity contribution is 6.22. The van der Waals surface area contributed by atoms with Gasteiger partial charge in [0, 0.05) is 17.6 Å². The van der Waals surface area contributed by atoms with Crippen molar-refractivity contribution >= 4 is 27.2 Å². The minimum Gasteiger partial charge on any atom is -0.381 e. The topological polar surface area (TPSA) is 12.0 Å². The van der Waals surface area contributed by atoms with Crippen molar-refractivity contribution in [2.45, 2.75) is 25.8 Å². The summed E-state index contributed by atoms with van der Waals surface area (Å²) in [5.41, 5.74) is 15.3. The van der Waals surface area contributed by atoms with Gasteiger partial charge in [0.05, 0.1) is 0 Å². The third kappa shape index (κ3) is 4.93. The molecule has 9 rings (SSSR count). The van der Waals surface area contributed by atoms with Gasteiger partial charge in [-0.3, -0.25) is 0 Å². The lowest BCUT2D eigenvalue weighted by atomic mass is 9.79. The molecule has 0 heterocycles. The van der Waals surface area contributed by atoms with E-state index in [1.807, 2.05) is 0 Å². The third-order valence-corrected chi connectivity index (χ3v) is 10.5. The van der Waals surface area contributed by atoms with Crippen LogP contribution in [0, 0.1) is 0 Å². The van der Waals surface area contributed by atoms with Crippen LogP contribution in [0.15, 0.2) is 170 Å². The molecule has 0 fully saturated rings. The average molecular weight is 628 g/mol. The van der Waals surface area contributed by atoms with E-state index >= 15 is 0 Å². The highest BCUT2D eigenvalue weighted by atomic mass is 14.9. The van der Waals surface area contributed by atoms with E-state index in [-0.39, 0.29) is 5.41 Å².